The lowest BCUT2D eigenvalue weighted by atomic mass is 10.1. The summed E-state index contributed by atoms with van der Waals surface area (Å²) in [6.45, 7) is 3.91. The topological polar surface area (TPSA) is 90.6 Å². The smallest absolute Gasteiger partial charge is 0.255 e. The number of ether oxygens (including phenoxy) is 2. The fourth-order valence-corrected chi connectivity index (χ4v) is 2.16. The van der Waals surface area contributed by atoms with Crippen LogP contribution in [0.2, 0.25) is 0 Å². The second kappa shape index (κ2) is 9.71. The molecule has 0 bridgehead atoms. The SMILES string of the molecule is CCCCCC(C)NC(=O)c1ccc(OCC(N)=O)c(OC)c1. The Kier molecular flexibility index (Phi) is 7.94. The fraction of sp³-hybridized carbons (Fsp3) is 0.529. The Balaban J connectivity index is 2.68. The van der Waals surface area contributed by atoms with Crippen LogP contribution in [0.5, 0.6) is 11.5 Å². The van der Waals surface area contributed by atoms with Crippen LogP contribution < -0.4 is 20.5 Å². The highest BCUT2D eigenvalue weighted by molar-refractivity contribution is 5.95. The molecule has 1 unspecified atom stereocenters. The van der Waals surface area contributed by atoms with Crippen LogP contribution in [0.3, 0.4) is 0 Å². The third kappa shape index (κ3) is 6.59. The molecule has 0 heterocycles. The Labute approximate surface area is 137 Å². The molecule has 0 aliphatic rings. The average molecular weight is 322 g/mol. The summed E-state index contributed by atoms with van der Waals surface area (Å²) in [7, 11) is 1.47. The van der Waals surface area contributed by atoms with Gasteiger partial charge in [0.1, 0.15) is 0 Å². The van der Waals surface area contributed by atoms with Gasteiger partial charge in [0, 0.05) is 11.6 Å². The number of hydrogen-bond acceptors (Lipinski definition) is 4. The molecule has 6 heteroatoms. The fourth-order valence-electron chi connectivity index (χ4n) is 2.16. The van der Waals surface area contributed by atoms with Gasteiger partial charge in [0.15, 0.2) is 18.1 Å². The number of unbranched alkanes of at least 4 members (excludes halogenated alkanes) is 2. The largest absolute Gasteiger partial charge is 0.493 e. The Morgan fingerprint density at radius 1 is 1.26 bits per heavy atom. The number of methoxy groups -OCH3 is 1. The number of hydrogen-bond donors (Lipinski definition) is 2. The van der Waals surface area contributed by atoms with Crippen molar-refractivity contribution in [3.63, 3.8) is 0 Å². The molecule has 0 spiro atoms. The third-order valence-electron chi connectivity index (χ3n) is 3.41. The van der Waals surface area contributed by atoms with Crippen LogP contribution in [-0.4, -0.2) is 31.6 Å². The lowest BCUT2D eigenvalue weighted by Gasteiger charge is -2.15. The monoisotopic (exact) mass is 322 g/mol. The number of rotatable bonds is 10. The number of primary amides is 1. The number of amides is 2. The van der Waals surface area contributed by atoms with Crippen LogP contribution in [0.4, 0.5) is 0 Å². The molecule has 0 aliphatic carbocycles. The Morgan fingerprint density at radius 3 is 2.61 bits per heavy atom. The summed E-state index contributed by atoms with van der Waals surface area (Å²) in [5.74, 6) is 0.0277. The minimum atomic E-state index is -0.574. The van der Waals surface area contributed by atoms with E-state index in [2.05, 4.69) is 12.2 Å². The predicted molar refractivity (Wildman–Crippen MR) is 88.8 cm³/mol. The summed E-state index contributed by atoms with van der Waals surface area (Å²) in [6, 6.07) is 4.93. The number of carbonyl (C=O) groups is 2. The maximum atomic E-state index is 12.3. The number of benzene rings is 1. The van der Waals surface area contributed by atoms with Crippen molar-refractivity contribution in [2.24, 2.45) is 5.73 Å². The summed E-state index contributed by atoms with van der Waals surface area (Å²) in [6.07, 6.45) is 4.38. The first-order valence-electron chi connectivity index (χ1n) is 7.88. The normalized spacial score (nSPS) is 11.6. The van der Waals surface area contributed by atoms with E-state index in [0.717, 1.165) is 19.3 Å². The standard InChI is InChI=1S/C17H26N2O4/c1-4-5-6-7-12(2)19-17(21)13-8-9-14(15(10-13)22-3)23-11-16(18)20/h8-10,12H,4-7,11H2,1-3H3,(H2,18,20)(H,19,21). The first kappa shape index (κ1) is 18.8. The summed E-state index contributed by atoms with van der Waals surface area (Å²) in [5.41, 5.74) is 5.53. The Morgan fingerprint density at radius 2 is 2.00 bits per heavy atom. The summed E-state index contributed by atoms with van der Waals surface area (Å²) in [5, 5.41) is 2.97. The molecule has 1 rings (SSSR count). The second-order valence-electron chi connectivity index (χ2n) is 5.49. The van der Waals surface area contributed by atoms with E-state index >= 15 is 0 Å². The van der Waals surface area contributed by atoms with Gasteiger partial charge in [0.2, 0.25) is 0 Å². The van der Waals surface area contributed by atoms with Crippen molar-refractivity contribution in [1.29, 1.82) is 0 Å². The van der Waals surface area contributed by atoms with E-state index < -0.39 is 5.91 Å². The van der Waals surface area contributed by atoms with Gasteiger partial charge in [-0.2, -0.15) is 0 Å². The molecule has 23 heavy (non-hydrogen) atoms. The minimum Gasteiger partial charge on any atom is -0.493 e. The molecule has 0 radical (unpaired) electrons. The molecule has 0 fully saturated rings. The van der Waals surface area contributed by atoms with Crippen molar-refractivity contribution in [2.75, 3.05) is 13.7 Å². The van der Waals surface area contributed by atoms with Crippen LogP contribution in [0, 0.1) is 0 Å². The van der Waals surface area contributed by atoms with Gasteiger partial charge < -0.3 is 20.5 Å². The van der Waals surface area contributed by atoms with Gasteiger partial charge >= 0.3 is 0 Å². The number of nitrogens with one attached hydrogen (secondary N) is 1. The first-order valence-corrected chi connectivity index (χ1v) is 7.88. The van der Waals surface area contributed by atoms with Crippen LogP contribution in [0.1, 0.15) is 49.9 Å². The van der Waals surface area contributed by atoms with Gasteiger partial charge in [-0.25, -0.2) is 0 Å². The summed E-state index contributed by atoms with van der Waals surface area (Å²) >= 11 is 0. The van der Waals surface area contributed by atoms with Gasteiger partial charge in [0.25, 0.3) is 11.8 Å². The summed E-state index contributed by atoms with van der Waals surface area (Å²) in [4.78, 5) is 23.0. The summed E-state index contributed by atoms with van der Waals surface area (Å²) < 4.78 is 10.4. The van der Waals surface area contributed by atoms with Gasteiger partial charge in [-0.1, -0.05) is 26.2 Å². The van der Waals surface area contributed by atoms with E-state index in [-0.39, 0.29) is 18.6 Å². The molecule has 0 aliphatic heterocycles. The maximum absolute atomic E-state index is 12.3. The van der Waals surface area contributed by atoms with E-state index in [9.17, 15) is 9.59 Å². The van der Waals surface area contributed by atoms with Crippen molar-refractivity contribution < 1.29 is 19.1 Å². The zero-order chi connectivity index (χ0) is 17.2. The van der Waals surface area contributed by atoms with Gasteiger partial charge in [-0.15, -0.1) is 0 Å². The van der Waals surface area contributed by atoms with Crippen molar-refractivity contribution in [1.82, 2.24) is 5.32 Å². The van der Waals surface area contributed by atoms with E-state index in [0.29, 0.717) is 17.1 Å². The predicted octanol–water partition coefficient (Wildman–Crippen LogP) is 2.26. The molecule has 1 atom stereocenters. The average Bonchev–Trinajstić information content (AvgIpc) is 2.52. The van der Waals surface area contributed by atoms with E-state index in [4.69, 9.17) is 15.2 Å². The van der Waals surface area contributed by atoms with Crippen molar-refractivity contribution >= 4 is 11.8 Å². The van der Waals surface area contributed by atoms with E-state index in [1.807, 2.05) is 6.92 Å². The Hall–Kier alpha value is -2.24. The molecule has 3 N–H and O–H groups in total. The zero-order valence-electron chi connectivity index (χ0n) is 14.1. The third-order valence-corrected chi connectivity index (χ3v) is 3.41. The molecular formula is C17H26N2O4. The lowest BCUT2D eigenvalue weighted by Crippen LogP contribution is -2.32. The molecule has 0 aromatic heterocycles. The van der Waals surface area contributed by atoms with Crippen LogP contribution >= 0.6 is 0 Å². The Bertz CT molecular complexity index is 531. The highest BCUT2D eigenvalue weighted by atomic mass is 16.5. The molecule has 2 amide bonds. The molecule has 1 aromatic carbocycles. The first-order chi connectivity index (χ1) is 11.0. The number of carbonyl (C=O) groups excluding carboxylic acids is 2. The molecule has 128 valence electrons. The minimum absolute atomic E-state index is 0.117. The maximum Gasteiger partial charge on any atom is 0.255 e. The quantitative estimate of drug-likeness (QED) is 0.646. The lowest BCUT2D eigenvalue weighted by molar-refractivity contribution is -0.119. The molecular weight excluding hydrogens is 296 g/mol. The highest BCUT2D eigenvalue weighted by Gasteiger charge is 2.13. The van der Waals surface area contributed by atoms with Crippen LogP contribution in [0.25, 0.3) is 0 Å². The molecule has 0 saturated carbocycles. The zero-order valence-corrected chi connectivity index (χ0v) is 14.1. The van der Waals surface area contributed by atoms with Crippen molar-refractivity contribution in [3.05, 3.63) is 23.8 Å². The second-order valence-corrected chi connectivity index (χ2v) is 5.49. The highest BCUT2D eigenvalue weighted by Crippen LogP contribution is 2.28. The van der Waals surface area contributed by atoms with Crippen LogP contribution in [0.15, 0.2) is 18.2 Å². The van der Waals surface area contributed by atoms with Crippen molar-refractivity contribution in [2.45, 2.75) is 45.6 Å². The number of nitrogens with two attached hydrogens (primary N) is 1. The van der Waals surface area contributed by atoms with Crippen molar-refractivity contribution in [3.8, 4) is 11.5 Å². The molecule has 1 aromatic rings. The van der Waals surface area contributed by atoms with E-state index in [1.54, 1.807) is 18.2 Å². The van der Waals surface area contributed by atoms with Gasteiger partial charge in [-0.3, -0.25) is 9.59 Å². The van der Waals surface area contributed by atoms with Crippen LogP contribution in [-0.2, 0) is 4.79 Å². The van der Waals surface area contributed by atoms with Gasteiger partial charge in [-0.05, 0) is 31.5 Å². The molecule has 0 saturated heterocycles. The van der Waals surface area contributed by atoms with E-state index in [1.165, 1.54) is 13.5 Å². The molecule has 6 nitrogen and oxygen atoms in total. The van der Waals surface area contributed by atoms with Gasteiger partial charge in [0.05, 0.1) is 7.11 Å².